The van der Waals surface area contributed by atoms with Crippen molar-refractivity contribution < 1.29 is 14.5 Å². The number of rotatable bonds is 3. The first-order chi connectivity index (χ1) is 14.7. The van der Waals surface area contributed by atoms with Gasteiger partial charge in [-0.05, 0) is 17.4 Å². The van der Waals surface area contributed by atoms with E-state index in [1.807, 2.05) is 23.9 Å². The summed E-state index contributed by atoms with van der Waals surface area (Å²) in [6.07, 6.45) is 0.948. The van der Waals surface area contributed by atoms with Crippen LogP contribution < -0.4 is 5.73 Å². The number of nitrogens with zero attached hydrogens (tertiary/aromatic N) is 4. The molecule has 1 saturated heterocycles. The number of carbonyl (C=O) groups excluding carboxylic acids is 1. The summed E-state index contributed by atoms with van der Waals surface area (Å²) in [6.45, 7) is 6.31. The number of nitriles is 1. The van der Waals surface area contributed by atoms with Crippen molar-refractivity contribution in [1.82, 2.24) is 10.0 Å². The molecule has 0 spiro atoms. The van der Waals surface area contributed by atoms with Crippen molar-refractivity contribution in [2.45, 2.75) is 32.6 Å². The van der Waals surface area contributed by atoms with Crippen LogP contribution in [0.4, 0.5) is 5.69 Å². The van der Waals surface area contributed by atoms with E-state index in [9.17, 15) is 20.2 Å². The van der Waals surface area contributed by atoms with Gasteiger partial charge in [0, 0.05) is 42.9 Å². The minimum Gasteiger partial charge on any atom is -0.383 e. The molecule has 162 valence electrons. The third-order valence-corrected chi connectivity index (χ3v) is 6.04. The van der Waals surface area contributed by atoms with Gasteiger partial charge in [-0.3, -0.25) is 19.9 Å². The first kappa shape index (κ1) is 21.0. The molecule has 3 aliphatic rings. The second kappa shape index (κ2) is 7.80. The molecular formula is C22H25N5O4. The predicted octanol–water partition coefficient (Wildman–Crippen LogP) is 2.58. The number of hydrazine groups is 1. The largest absolute Gasteiger partial charge is 0.383 e. The van der Waals surface area contributed by atoms with Crippen LogP contribution in [0.1, 0.15) is 38.2 Å². The maximum Gasteiger partial charge on any atom is 0.269 e. The monoisotopic (exact) mass is 423 g/mol. The predicted molar refractivity (Wildman–Crippen MR) is 112 cm³/mol. The highest BCUT2D eigenvalue weighted by Gasteiger charge is 2.46. The Bertz CT molecular complexity index is 1050. The average molecular weight is 423 g/mol. The Labute approximate surface area is 180 Å². The average Bonchev–Trinajstić information content (AvgIpc) is 2.72. The number of morpholine rings is 1. The van der Waals surface area contributed by atoms with Gasteiger partial charge in [0.2, 0.25) is 0 Å². The van der Waals surface area contributed by atoms with Gasteiger partial charge >= 0.3 is 0 Å². The second-order valence-corrected chi connectivity index (χ2v) is 8.87. The van der Waals surface area contributed by atoms with Gasteiger partial charge in [0.25, 0.3) is 5.69 Å². The second-order valence-electron chi connectivity index (χ2n) is 8.87. The Kier molecular flexibility index (Phi) is 5.29. The Balaban J connectivity index is 1.93. The highest BCUT2D eigenvalue weighted by molar-refractivity contribution is 6.00. The quantitative estimate of drug-likeness (QED) is 0.581. The van der Waals surface area contributed by atoms with Crippen LogP contribution in [0, 0.1) is 26.9 Å². The van der Waals surface area contributed by atoms with Gasteiger partial charge in [-0.15, -0.1) is 0 Å². The zero-order valence-electron chi connectivity index (χ0n) is 17.6. The number of nitro groups is 1. The van der Waals surface area contributed by atoms with E-state index in [0.717, 1.165) is 5.70 Å². The van der Waals surface area contributed by atoms with Gasteiger partial charge in [-0.25, -0.2) is 5.01 Å². The number of nitro benzene ring substituents is 1. The van der Waals surface area contributed by atoms with Gasteiger partial charge < -0.3 is 10.5 Å². The Hall–Kier alpha value is -3.22. The molecule has 0 amide bonds. The van der Waals surface area contributed by atoms with Crippen molar-refractivity contribution in [3.8, 4) is 6.07 Å². The molecule has 2 aliphatic heterocycles. The van der Waals surface area contributed by atoms with Gasteiger partial charge in [0.15, 0.2) is 5.78 Å². The topological polar surface area (TPSA) is 126 Å². The van der Waals surface area contributed by atoms with Crippen LogP contribution in [-0.2, 0) is 9.53 Å². The summed E-state index contributed by atoms with van der Waals surface area (Å²) >= 11 is 0. The van der Waals surface area contributed by atoms with E-state index < -0.39 is 10.8 Å². The number of hydrogen-bond acceptors (Lipinski definition) is 8. The van der Waals surface area contributed by atoms with Crippen molar-refractivity contribution in [2.24, 2.45) is 11.1 Å². The van der Waals surface area contributed by atoms with Gasteiger partial charge in [0.1, 0.15) is 5.82 Å². The van der Waals surface area contributed by atoms with Gasteiger partial charge in [-0.2, -0.15) is 5.26 Å². The summed E-state index contributed by atoms with van der Waals surface area (Å²) in [5.41, 5.74) is 8.24. The molecule has 0 saturated carbocycles. The molecule has 0 aromatic heterocycles. The van der Waals surface area contributed by atoms with Crippen molar-refractivity contribution >= 4 is 11.5 Å². The highest BCUT2D eigenvalue weighted by atomic mass is 16.6. The summed E-state index contributed by atoms with van der Waals surface area (Å²) in [5.74, 6) is -0.507. The molecule has 0 bridgehead atoms. The lowest BCUT2D eigenvalue weighted by atomic mass is 9.69. The first-order valence-corrected chi connectivity index (χ1v) is 10.3. The lowest BCUT2D eigenvalue weighted by molar-refractivity contribution is -0.384. The lowest BCUT2D eigenvalue weighted by Crippen LogP contribution is -2.53. The van der Waals surface area contributed by atoms with E-state index in [1.165, 1.54) is 12.1 Å². The molecule has 9 nitrogen and oxygen atoms in total. The van der Waals surface area contributed by atoms with Crippen LogP contribution >= 0.6 is 0 Å². The zero-order valence-corrected chi connectivity index (χ0v) is 17.6. The maximum atomic E-state index is 13.4. The van der Waals surface area contributed by atoms with Crippen LogP contribution in [0.3, 0.4) is 0 Å². The van der Waals surface area contributed by atoms with E-state index >= 15 is 0 Å². The van der Waals surface area contributed by atoms with E-state index in [4.69, 9.17) is 10.5 Å². The van der Waals surface area contributed by atoms with Crippen molar-refractivity contribution in [3.05, 3.63) is 62.6 Å². The van der Waals surface area contributed by atoms with Crippen LogP contribution in [-0.4, -0.2) is 47.0 Å². The highest BCUT2D eigenvalue weighted by Crippen LogP contribution is 2.49. The minimum absolute atomic E-state index is 0.0544. The fourth-order valence-electron chi connectivity index (χ4n) is 4.72. The molecule has 31 heavy (non-hydrogen) atoms. The molecule has 1 aromatic carbocycles. The zero-order chi connectivity index (χ0) is 22.3. The third kappa shape index (κ3) is 3.69. The standard InChI is InChI=1S/C22H25N5O4/c1-22(2)11-17-20(18(28)12-22)19(14-4-3-5-15(10-14)27(29)30)16(13-23)21(24)26(17)25-6-8-31-9-7-25/h3-5,10,19H,6-9,11-12,24H2,1-2H3/t19-/m0/s1. The summed E-state index contributed by atoms with van der Waals surface area (Å²) < 4.78 is 5.47. The van der Waals surface area contributed by atoms with Crippen LogP contribution in [0.25, 0.3) is 0 Å². The fraction of sp³-hybridized carbons (Fsp3) is 0.455. The first-order valence-electron chi connectivity index (χ1n) is 10.3. The summed E-state index contributed by atoms with van der Waals surface area (Å²) in [5, 5.41) is 25.2. The van der Waals surface area contributed by atoms with Crippen LogP contribution in [0.15, 0.2) is 46.9 Å². The van der Waals surface area contributed by atoms with Crippen molar-refractivity contribution in [3.63, 3.8) is 0 Å². The number of hydrogen-bond donors (Lipinski definition) is 1. The maximum absolute atomic E-state index is 13.4. The summed E-state index contributed by atoms with van der Waals surface area (Å²) in [6, 6.07) is 8.30. The van der Waals surface area contributed by atoms with Crippen LogP contribution in [0.5, 0.6) is 0 Å². The number of nitrogens with two attached hydrogens (primary N) is 1. The van der Waals surface area contributed by atoms with E-state index in [2.05, 4.69) is 6.07 Å². The van der Waals surface area contributed by atoms with E-state index in [1.54, 1.807) is 12.1 Å². The van der Waals surface area contributed by atoms with E-state index in [0.29, 0.717) is 50.3 Å². The number of ketones is 1. The number of carbonyl (C=O) groups is 1. The normalized spacial score (nSPS) is 24.1. The number of allylic oxidation sites excluding steroid dienone is 3. The molecule has 9 heteroatoms. The van der Waals surface area contributed by atoms with Crippen molar-refractivity contribution in [1.29, 1.82) is 5.26 Å². The molecule has 0 radical (unpaired) electrons. The summed E-state index contributed by atoms with van der Waals surface area (Å²) in [7, 11) is 0. The number of ether oxygens (including phenoxy) is 1. The lowest BCUT2D eigenvalue weighted by Gasteiger charge is -2.48. The minimum atomic E-state index is -0.721. The van der Waals surface area contributed by atoms with Crippen LogP contribution in [0.2, 0.25) is 0 Å². The van der Waals surface area contributed by atoms with Gasteiger partial charge in [-0.1, -0.05) is 26.0 Å². The molecular weight excluding hydrogens is 398 g/mol. The molecule has 1 fully saturated rings. The Morgan fingerprint density at radius 2 is 2.00 bits per heavy atom. The molecule has 0 unspecified atom stereocenters. The summed E-state index contributed by atoms with van der Waals surface area (Å²) in [4.78, 5) is 24.3. The molecule has 4 rings (SSSR count). The fourth-order valence-corrected chi connectivity index (χ4v) is 4.72. The molecule has 2 heterocycles. The number of Topliss-reactive ketones (excluding diaryl/α,β-unsaturated/α-hetero) is 1. The molecule has 1 atom stereocenters. The van der Waals surface area contributed by atoms with Crippen molar-refractivity contribution in [2.75, 3.05) is 26.3 Å². The third-order valence-electron chi connectivity index (χ3n) is 6.04. The Morgan fingerprint density at radius 1 is 1.29 bits per heavy atom. The van der Waals surface area contributed by atoms with Gasteiger partial charge in [0.05, 0.1) is 35.7 Å². The Morgan fingerprint density at radius 3 is 2.65 bits per heavy atom. The van der Waals surface area contributed by atoms with E-state index in [-0.39, 0.29) is 28.3 Å². The smallest absolute Gasteiger partial charge is 0.269 e. The molecule has 2 N–H and O–H groups in total. The molecule has 1 aromatic rings. The SMILES string of the molecule is CC1(C)CC(=O)C2=C(C1)N(N1CCOCC1)C(N)=C(C#N)[C@@H]2c1cccc([N+](=O)[O-])c1. The number of non-ortho nitro benzene ring substituents is 1. The molecule has 1 aliphatic carbocycles. The number of benzene rings is 1.